The summed E-state index contributed by atoms with van der Waals surface area (Å²) in [7, 11) is 0. The van der Waals surface area contributed by atoms with Crippen LogP contribution in [0.5, 0.6) is 0 Å². The smallest absolute Gasteiger partial charge is 0.197 e. The van der Waals surface area contributed by atoms with Crippen LogP contribution in [0.4, 0.5) is 8.78 Å². The highest BCUT2D eigenvalue weighted by Crippen LogP contribution is 2.48. The fourth-order valence-corrected chi connectivity index (χ4v) is 3.97. The Balaban J connectivity index is 1.94. The van der Waals surface area contributed by atoms with Gasteiger partial charge < -0.3 is 9.47 Å². The van der Waals surface area contributed by atoms with Gasteiger partial charge in [0.25, 0.3) is 0 Å². The summed E-state index contributed by atoms with van der Waals surface area (Å²) in [5.41, 5.74) is -0.231. The van der Waals surface area contributed by atoms with Gasteiger partial charge in [-0.05, 0) is 62.3 Å². The van der Waals surface area contributed by atoms with Crippen molar-refractivity contribution in [3.05, 3.63) is 59.4 Å². The fourth-order valence-electron chi connectivity index (χ4n) is 3.97. The molecule has 2 aliphatic rings. The number of aryl methyl sites for hydroxylation is 1. The van der Waals surface area contributed by atoms with Gasteiger partial charge in [-0.15, -0.1) is 6.58 Å². The zero-order valence-electron chi connectivity index (χ0n) is 15.4. The van der Waals surface area contributed by atoms with Crippen molar-refractivity contribution in [1.29, 1.82) is 0 Å². The maximum atomic E-state index is 14.3. The number of hydrogen-bond acceptors (Lipinski definition) is 3. The standard InChI is InChI=1S/C21H24F2O3/c1-5-6-15-11-21(20(10-19(15)24)25-14(4)26-21)13(3)8-16-9-17(22)12(2)7-18(16)23/h5,7,9-10,13-15H,1,6,8,11H2,2-4H3/t13-,14-,15+,21-/m1/s1. The zero-order chi connectivity index (χ0) is 19.1. The Morgan fingerprint density at radius 3 is 2.81 bits per heavy atom. The third-order valence-electron chi connectivity index (χ3n) is 5.41. The lowest BCUT2D eigenvalue weighted by Crippen LogP contribution is -2.45. The molecule has 26 heavy (non-hydrogen) atoms. The average molecular weight is 362 g/mol. The Morgan fingerprint density at radius 2 is 2.12 bits per heavy atom. The van der Waals surface area contributed by atoms with Gasteiger partial charge in [0.15, 0.2) is 12.1 Å². The van der Waals surface area contributed by atoms with Gasteiger partial charge in [-0.1, -0.05) is 13.0 Å². The van der Waals surface area contributed by atoms with Gasteiger partial charge >= 0.3 is 0 Å². The van der Waals surface area contributed by atoms with E-state index >= 15 is 0 Å². The molecular formula is C21H24F2O3. The van der Waals surface area contributed by atoms with Gasteiger partial charge in [-0.25, -0.2) is 8.78 Å². The quantitative estimate of drug-likeness (QED) is 0.716. The average Bonchev–Trinajstić information content (AvgIpc) is 2.89. The van der Waals surface area contributed by atoms with Gasteiger partial charge in [-0.3, -0.25) is 4.79 Å². The monoisotopic (exact) mass is 362 g/mol. The molecule has 1 aliphatic carbocycles. The number of ketones is 1. The molecule has 1 heterocycles. The summed E-state index contributed by atoms with van der Waals surface area (Å²) in [6.07, 6.45) is 4.01. The van der Waals surface area contributed by atoms with Gasteiger partial charge in [0.05, 0.1) is 0 Å². The van der Waals surface area contributed by atoms with E-state index < -0.39 is 23.5 Å². The van der Waals surface area contributed by atoms with Crippen molar-refractivity contribution in [2.45, 2.75) is 51.9 Å². The fraction of sp³-hybridized carbons (Fsp3) is 0.476. The molecule has 1 fully saturated rings. The molecule has 0 unspecified atom stereocenters. The molecule has 3 rings (SSSR count). The topological polar surface area (TPSA) is 35.5 Å². The van der Waals surface area contributed by atoms with Crippen LogP contribution in [0.3, 0.4) is 0 Å². The Labute approximate surface area is 152 Å². The number of allylic oxidation sites excluding steroid dienone is 2. The molecule has 0 saturated carbocycles. The van der Waals surface area contributed by atoms with E-state index in [4.69, 9.17) is 9.47 Å². The number of benzene rings is 1. The molecular weight excluding hydrogens is 338 g/mol. The highest BCUT2D eigenvalue weighted by Gasteiger charge is 2.53. The first-order valence-corrected chi connectivity index (χ1v) is 8.92. The molecule has 0 N–H and O–H groups in total. The van der Waals surface area contributed by atoms with Crippen molar-refractivity contribution < 1.29 is 23.0 Å². The SMILES string of the molecule is C=CC[C@H]1C[C@]2([C@H](C)Cc3cc(F)c(C)cc3F)O[C@H](C)OC2=CC1=O. The van der Waals surface area contributed by atoms with Crippen molar-refractivity contribution in [3.8, 4) is 0 Å². The Bertz CT molecular complexity index is 771. The molecule has 3 nitrogen and oxygen atoms in total. The van der Waals surface area contributed by atoms with E-state index in [0.29, 0.717) is 24.2 Å². The number of halogens is 2. The van der Waals surface area contributed by atoms with Crippen LogP contribution < -0.4 is 0 Å². The number of hydrogen-bond donors (Lipinski definition) is 0. The predicted octanol–water partition coefficient (Wildman–Crippen LogP) is 4.63. The van der Waals surface area contributed by atoms with E-state index in [1.165, 1.54) is 25.1 Å². The molecule has 1 aromatic rings. The first-order valence-electron chi connectivity index (χ1n) is 8.92. The molecule has 1 aliphatic heterocycles. The summed E-state index contributed by atoms with van der Waals surface area (Å²) in [6, 6.07) is 2.46. The summed E-state index contributed by atoms with van der Waals surface area (Å²) < 4.78 is 40.1. The van der Waals surface area contributed by atoms with Gasteiger partial charge in [0.2, 0.25) is 0 Å². The molecule has 0 radical (unpaired) electrons. The highest BCUT2D eigenvalue weighted by atomic mass is 19.1. The molecule has 5 heteroatoms. The normalized spacial score (nSPS) is 29.0. The number of fused-ring (bicyclic) bond motifs is 1. The lowest BCUT2D eigenvalue weighted by atomic mass is 9.71. The minimum atomic E-state index is -0.811. The lowest BCUT2D eigenvalue weighted by molar-refractivity contribution is -0.127. The van der Waals surface area contributed by atoms with Crippen LogP contribution in [0.25, 0.3) is 0 Å². The Kier molecular flexibility index (Phi) is 5.02. The maximum Gasteiger partial charge on any atom is 0.197 e. The molecule has 1 aromatic carbocycles. The summed E-state index contributed by atoms with van der Waals surface area (Å²) >= 11 is 0. The molecule has 1 saturated heterocycles. The molecule has 0 bridgehead atoms. The second-order valence-electron chi connectivity index (χ2n) is 7.33. The summed E-state index contributed by atoms with van der Waals surface area (Å²) in [5, 5.41) is 0. The van der Waals surface area contributed by atoms with E-state index in [-0.39, 0.29) is 29.6 Å². The van der Waals surface area contributed by atoms with Gasteiger partial charge in [-0.2, -0.15) is 0 Å². The van der Waals surface area contributed by atoms with E-state index in [2.05, 4.69) is 6.58 Å². The molecule has 0 amide bonds. The number of ether oxygens (including phenoxy) is 2. The van der Waals surface area contributed by atoms with Gasteiger partial charge in [0, 0.05) is 12.0 Å². The van der Waals surface area contributed by atoms with E-state index in [1.54, 1.807) is 13.0 Å². The molecule has 140 valence electrons. The Hall–Kier alpha value is -2.01. The molecule has 4 atom stereocenters. The lowest BCUT2D eigenvalue weighted by Gasteiger charge is -2.38. The van der Waals surface area contributed by atoms with Crippen LogP contribution in [0.1, 0.15) is 37.8 Å². The van der Waals surface area contributed by atoms with Crippen molar-refractivity contribution in [1.82, 2.24) is 0 Å². The van der Waals surface area contributed by atoms with Gasteiger partial charge in [0.1, 0.15) is 23.0 Å². The van der Waals surface area contributed by atoms with Crippen LogP contribution in [0, 0.1) is 30.4 Å². The minimum absolute atomic E-state index is 0.00649. The van der Waals surface area contributed by atoms with Crippen LogP contribution in [0.2, 0.25) is 0 Å². The van der Waals surface area contributed by atoms with Crippen LogP contribution in [-0.4, -0.2) is 17.7 Å². The van der Waals surface area contributed by atoms with E-state index in [1.807, 2.05) is 6.92 Å². The minimum Gasteiger partial charge on any atom is -0.466 e. The largest absolute Gasteiger partial charge is 0.466 e. The van der Waals surface area contributed by atoms with Crippen molar-refractivity contribution in [2.24, 2.45) is 11.8 Å². The third-order valence-corrected chi connectivity index (χ3v) is 5.41. The predicted molar refractivity (Wildman–Crippen MR) is 94.3 cm³/mol. The van der Waals surface area contributed by atoms with Crippen LogP contribution >= 0.6 is 0 Å². The number of carbonyl (C=O) groups is 1. The molecule has 0 aromatic heterocycles. The number of rotatable bonds is 5. The Morgan fingerprint density at radius 1 is 1.38 bits per heavy atom. The first kappa shape index (κ1) is 18.8. The zero-order valence-corrected chi connectivity index (χ0v) is 15.4. The molecule has 0 spiro atoms. The third kappa shape index (κ3) is 3.20. The van der Waals surface area contributed by atoms with Crippen molar-refractivity contribution >= 4 is 5.78 Å². The van der Waals surface area contributed by atoms with Crippen molar-refractivity contribution in [2.75, 3.05) is 0 Å². The first-order chi connectivity index (χ1) is 12.3. The van der Waals surface area contributed by atoms with E-state index in [0.717, 1.165) is 0 Å². The van der Waals surface area contributed by atoms with Crippen LogP contribution in [0.15, 0.2) is 36.6 Å². The summed E-state index contributed by atoms with van der Waals surface area (Å²) in [4.78, 5) is 12.3. The summed E-state index contributed by atoms with van der Waals surface area (Å²) in [6.45, 7) is 8.95. The summed E-state index contributed by atoms with van der Waals surface area (Å²) in [5.74, 6) is -0.812. The van der Waals surface area contributed by atoms with Crippen LogP contribution in [-0.2, 0) is 20.7 Å². The maximum absolute atomic E-state index is 14.3. The highest BCUT2D eigenvalue weighted by molar-refractivity contribution is 5.93. The second kappa shape index (κ2) is 6.95. The van der Waals surface area contributed by atoms with Crippen molar-refractivity contribution in [3.63, 3.8) is 0 Å². The second-order valence-corrected chi connectivity index (χ2v) is 7.33. The van der Waals surface area contributed by atoms with E-state index in [9.17, 15) is 13.6 Å². The number of carbonyl (C=O) groups excluding carboxylic acids is 1.